The van der Waals surface area contributed by atoms with Gasteiger partial charge in [0.05, 0.1) is 21.7 Å². The lowest BCUT2D eigenvalue weighted by Gasteiger charge is -2.09. The number of fused-ring (bicyclic) bond motifs is 1. The summed E-state index contributed by atoms with van der Waals surface area (Å²) < 4.78 is 3.68. The van der Waals surface area contributed by atoms with Crippen molar-refractivity contribution in [1.82, 2.24) is 9.55 Å². The Kier molecular flexibility index (Phi) is 3.25. The Morgan fingerprint density at radius 1 is 1.26 bits per heavy atom. The lowest BCUT2D eigenvalue weighted by molar-refractivity contribution is 1.05. The van der Waals surface area contributed by atoms with Crippen LogP contribution in [-0.2, 0) is 0 Å². The summed E-state index contributed by atoms with van der Waals surface area (Å²) in [7, 11) is 0. The maximum Gasteiger partial charge on any atom is 0.182 e. The van der Waals surface area contributed by atoms with E-state index in [0.717, 1.165) is 26.8 Å². The van der Waals surface area contributed by atoms with Crippen LogP contribution in [0.4, 0.5) is 0 Å². The molecule has 0 amide bonds. The van der Waals surface area contributed by atoms with Gasteiger partial charge in [-0.1, -0.05) is 33.6 Å². The van der Waals surface area contributed by atoms with E-state index in [9.17, 15) is 0 Å². The standard InChI is InChI=1S/C14H10BrClN2S/c1-8-7-9(15)5-6-12(8)18-13-10(16)3-2-4-11(13)17-14(18)19/h2-7H,1H3,(H,17,19). The van der Waals surface area contributed by atoms with Crippen molar-refractivity contribution in [3.8, 4) is 5.69 Å². The number of hydrogen-bond acceptors (Lipinski definition) is 1. The van der Waals surface area contributed by atoms with Crippen LogP contribution in [-0.4, -0.2) is 9.55 Å². The molecule has 0 radical (unpaired) electrons. The molecular weight excluding hydrogens is 344 g/mol. The van der Waals surface area contributed by atoms with Crippen LogP contribution in [0, 0.1) is 11.7 Å². The molecule has 96 valence electrons. The highest BCUT2D eigenvalue weighted by molar-refractivity contribution is 9.10. The van der Waals surface area contributed by atoms with Crippen molar-refractivity contribution in [2.75, 3.05) is 0 Å². The zero-order chi connectivity index (χ0) is 13.6. The van der Waals surface area contributed by atoms with Gasteiger partial charge in [0.1, 0.15) is 0 Å². The maximum atomic E-state index is 6.31. The van der Waals surface area contributed by atoms with E-state index in [0.29, 0.717) is 9.79 Å². The largest absolute Gasteiger partial charge is 0.330 e. The van der Waals surface area contributed by atoms with E-state index in [1.165, 1.54) is 0 Å². The van der Waals surface area contributed by atoms with Gasteiger partial charge in [-0.2, -0.15) is 0 Å². The molecule has 2 aromatic carbocycles. The minimum atomic E-state index is 0.647. The van der Waals surface area contributed by atoms with Crippen molar-refractivity contribution in [1.29, 1.82) is 0 Å². The van der Waals surface area contributed by atoms with Crippen molar-refractivity contribution >= 4 is 50.8 Å². The molecule has 1 aromatic heterocycles. The average molecular weight is 354 g/mol. The number of aromatic amines is 1. The second-order valence-corrected chi connectivity index (χ2v) is 6.04. The third kappa shape index (κ3) is 2.14. The van der Waals surface area contributed by atoms with Gasteiger partial charge in [-0.05, 0) is 55.0 Å². The highest BCUT2D eigenvalue weighted by Gasteiger charge is 2.11. The number of nitrogens with zero attached hydrogens (tertiary/aromatic N) is 1. The van der Waals surface area contributed by atoms with E-state index in [1.54, 1.807) is 0 Å². The molecule has 0 fully saturated rings. The Balaban J connectivity index is 2.42. The molecule has 5 heteroatoms. The lowest BCUT2D eigenvalue weighted by atomic mass is 10.2. The fourth-order valence-electron chi connectivity index (χ4n) is 2.22. The molecule has 0 aliphatic carbocycles. The minimum absolute atomic E-state index is 0.647. The van der Waals surface area contributed by atoms with Crippen LogP contribution >= 0.6 is 39.7 Å². The molecule has 1 N–H and O–H groups in total. The van der Waals surface area contributed by atoms with Gasteiger partial charge >= 0.3 is 0 Å². The second kappa shape index (κ2) is 4.78. The Bertz CT molecular complexity index is 835. The van der Waals surface area contributed by atoms with Gasteiger partial charge in [0.25, 0.3) is 0 Å². The van der Waals surface area contributed by atoms with E-state index in [1.807, 2.05) is 34.9 Å². The lowest BCUT2D eigenvalue weighted by Crippen LogP contribution is -1.97. The van der Waals surface area contributed by atoms with Crippen LogP contribution < -0.4 is 0 Å². The van der Waals surface area contributed by atoms with E-state index < -0.39 is 0 Å². The molecule has 2 nitrogen and oxygen atoms in total. The fourth-order valence-corrected chi connectivity index (χ4v) is 3.25. The summed E-state index contributed by atoms with van der Waals surface area (Å²) in [5.41, 5.74) is 4.03. The first-order valence-electron chi connectivity index (χ1n) is 5.73. The quantitative estimate of drug-likeness (QED) is 0.580. The fraction of sp³-hybridized carbons (Fsp3) is 0.0714. The molecule has 3 rings (SSSR count). The van der Waals surface area contributed by atoms with E-state index >= 15 is 0 Å². The normalized spacial score (nSPS) is 11.1. The average Bonchev–Trinajstić information content (AvgIpc) is 2.67. The first-order valence-corrected chi connectivity index (χ1v) is 7.31. The smallest absolute Gasteiger partial charge is 0.182 e. The molecule has 0 saturated carbocycles. The third-order valence-corrected chi connectivity index (χ3v) is 4.14. The number of rotatable bonds is 1. The number of halogens is 2. The molecule has 0 spiro atoms. The maximum absolute atomic E-state index is 6.31. The van der Waals surface area contributed by atoms with Gasteiger partial charge in [-0.3, -0.25) is 4.57 Å². The highest BCUT2D eigenvalue weighted by Crippen LogP contribution is 2.28. The Morgan fingerprint density at radius 3 is 2.79 bits per heavy atom. The number of para-hydroxylation sites is 1. The molecule has 0 unspecified atom stereocenters. The Labute approximate surface area is 129 Å². The molecule has 19 heavy (non-hydrogen) atoms. The third-order valence-electron chi connectivity index (χ3n) is 3.05. The van der Waals surface area contributed by atoms with Gasteiger partial charge in [0.15, 0.2) is 4.77 Å². The summed E-state index contributed by atoms with van der Waals surface area (Å²) >= 11 is 15.2. The van der Waals surface area contributed by atoms with Gasteiger partial charge in [0, 0.05) is 4.47 Å². The van der Waals surface area contributed by atoms with Crippen molar-refractivity contribution in [3.05, 3.63) is 56.2 Å². The van der Waals surface area contributed by atoms with Crippen LogP contribution in [0.25, 0.3) is 16.7 Å². The molecule has 3 aromatic rings. The highest BCUT2D eigenvalue weighted by atomic mass is 79.9. The van der Waals surface area contributed by atoms with Crippen LogP contribution in [0.2, 0.25) is 5.02 Å². The number of hydrogen-bond donors (Lipinski definition) is 1. The first-order chi connectivity index (χ1) is 9.08. The van der Waals surface area contributed by atoms with Gasteiger partial charge in [-0.25, -0.2) is 0 Å². The van der Waals surface area contributed by atoms with Crippen LogP contribution in [0.3, 0.4) is 0 Å². The number of H-pyrrole nitrogens is 1. The van der Waals surface area contributed by atoms with Crippen molar-refractivity contribution in [2.45, 2.75) is 6.92 Å². The monoisotopic (exact) mass is 352 g/mol. The predicted molar refractivity (Wildman–Crippen MR) is 85.9 cm³/mol. The summed E-state index contributed by atoms with van der Waals surface area (Å²) in [6.45, 7) is 2.05. The summed E-state index contributed by atoms with van der Waals surface area (Å²) in [4.78, 5) is 3.19. The predicted octanol–water partition coefficient (Wildman–Crippen LogP) is 5.41. The number of aryl methyl sites for hydroxylation is 1. The van der Waals surface area contributed by atoms with Gasteiger partial charge < -0.3 is 4.98 Å². The Hall–Kier alpha value is -1.10. The molecule has 0 atom stereocenters. The van der Waals surface area contributed by atoms with Gasteiger partial charge in [-0.15, -0.1) is 0 Å². The van der Waals surface area contributed by atoms with Crippen LogP contribution in [0.1, 0.15) is 5.56 Å². The van der Waals surface area contributed by atoms with E-state index in [2.05, 4.69) is 33.9 Å². The molecule has 0 aliphatic rings. The number of benzene rings is 2. The summed E-state index contributed by atoms with van der Waals surface area (Å²) in [5, 5.41) is 0.687. The van der Waals surface area contributed by atoms with Crippen LogP contribution in [0.5, 0.6) is 0 Å². The SMILES string of the molecule is Cc1cc(Br)ccc1-n1c(=S)[nH]c2cccc(Cl)c21. The van der Waals surface area contributed by atoms with Crippen molar-refractivity contribution in [2.24, 2.45) is 0 Å². The zero-order valence-electron chi connectivity index (χ0n) is 10.1. The van der Waals surface area contributed by atoms with Gasteiger partial charge in [0.2, 0.25) is 0 Å². The Morgan fingerprint density at radius 2 is 2.05 bits per heavy atom. The first kappa shape index (κ1) is 12.9. The topological polar surface area (TPSA) is 20.7 Å². The number of imidazole rings is 1. The molecule has 1 heterocycles. The van der Waals surface area contributed by atoms with Crippen LogP contribution in [0.15, 0.2) is 40.9 Å². The molecular formula is C14H10BrClN2S. The number of nitrogens with one attached hydrogen (secondary N) is 1. The molecule has 0 aliphatic heterocycles. The molecule has 0 bridgehead atoms. The van der Waals surface area contributed by atoms with Crippen molar-refractivity contribution in [3.63, 3.8) is 0 Å². The molecule has 0 saturated heterocycles. The minimum Gasteiger partial charge on any atom is -0.330 e. The summed E-state index contributed by atoms with van der Waals surface area (Å²) in [6.07, 6.45) is 0. The summed E-state index contributed by atoms with van der Waals surface area (Å²) in [5.74, 6) is 0. The van der Waals surface area contributed by atoms with Crippen molar-refractivity contribution < 1.29 is 0 Å². The zero-order valence-corrected chi connectivity index (χ0v) is 13.2. The summed E-state index contributed by atoms with van der Waals surface area (Å²) in [6, 6.07) is 11.9. The number of aromatic nitrogens is 2. The van der Waals surface area contributed by atoms with E-state index in [4.69, 9.17) is 23.8 Å². The second-order valence-electron chi connectivity index (χ2n) is 4.33. The van der Waals surface area contributed by atoms with E-state index in [-0.39, 0.29) is 0 Å².